The van der Waals surface area contributed by atoms with E-state index in [-0.39, 0.29) is 29.2 Å². The molecule has 3 N–H and O–H groups in total. The third-order valence-corrected chi connectivity index (χ3v) is 8.32. The number of aliphatic hydroxyl groups is 1. The number of carbonyl (C=O) groups is 3. The first-order valence-electron chi connectivity index (χ1n) is 12.3. The number of hydrogen-bond acceptors (Lipinski definition) is 5. The Hall–Kier alpha value is -1.97. The first kappa shape index (κ1) is 25.1. The summed E-state index contributed by atoms with van der Waals surface area (Å²) >= 11 is 3.67. The minimum Gasteiger partial charge on any atom is -0.394 e. The van der Waals surface area contributed by atoms with Crippen LogP contribution in [0.25, 0.3) is 0 Å². The number of carbonyl (C=O) groups excluding carboxylic acids is 3. The number of ether oxygens (including phenoxy) is 1. The zero-order valence-electron chi connectivity index (χ0n) is 19.7. The van der Waals surface area contributed by atoms with E-state index in [1.54, 1.807) is 12.1 Å². The molecule has 0 aromatic heterocycles. The highest BCUT2D eigenvalue weighted by molar-refractivity contribution is 9.09. The molecule has 0 radical (unpaired) electrons. The highest BCUT2D eigenvalue weighted by Gasteiger charge is 2.76. The maximum Gasteiger partial charge on any atom is 0.245 e. The number of fused-ring (bicyclic) bond motifs is 1. The summed E-state index contributed by atoms with van der Waals surface area (Å²) in [6.07, 6.45) is 3.32. The van der Waals surface area contributed by atoms with Crippen LogP contribution in [0.1, 0.15) is 46.0 Å². The van der Waals surface area contributed by atoms with Crippen molar-refractivity contribution in [2.24, 2.45) is 11.8 Å². The minimum absolute atomic E-state index is 0.160. The summed E-state index contributed by atoms with van der Waals surface area (Å²) in [7, 11) is 0. The Labute approximate surface area is 208 Å². The molecular formula is C25H34BrN3O5. The van der Waals surface area contributed by atoms with E-state index in [0.29, 0.717) is 25.1 Å². The third-order valence-electron chi connectivity index (χ3n) is 7.47. The minimum atomic E-state index is -1.11. The Morgan fingerprint density at radius 2 is 1.97 bits per heavy atom. The molecule has 2 bridgehead atoms. The number of para-hydroxylation sites is 1. The second-order valence-corrected chi connectivity index (χ2v) is 10.7. The van der Waals surface area contributed by atoms with Crippen LogP contribution >= 0.6 is 15.9 Å². The summed E-state index contributed by atoms with van der Waals surface area (Å²) in [4.78, 5) is 42.2. The molecule has 9 heteroatoms. The van der Waals surface area contributed by atoms with Gasteiger partial charge in [0.1, 0.15) is 11.6 Å². The molecular weight excluding hydrogens is 502 g/mol. The van der Waals surface area contributed by atoms with Crippen LogP contribution < -0.4 is 10.6 Å². The van der Waals surface area contributed by atoms with Crippen molar-refractivity contribution >= 4 is 39.3 Å². The number of aliphatic hydroxyl groups excluding tert-OH is 1. The summed E-state index contributed by atoms with van der Waals surface area (Å²) in [6, 6.07) is 7.70. The molecule has 186 valence electrons. The summed E-state index contributed by atoms with van der Waals surface area (Å²) in [6.45, 7) is 4.23. The van der Waals surface area contributed by atoms with E-state index in [0.717, 1.165) is 19.3 Å². The molecule has 3 aliphatic heterocycles. The van der Waals surface area contributed by atoms with E-state index < -0.39 is 35.6 Å². The number of rotatable bonds is 10. The van der Waals surface area contributed by atoms with Gasteiger partial charge in [-0.05, 0) is 31.4 Å². The fraction of sp³-hybridized carbons (Fsp3) is 0.640. The molecule has 3 unspecified atom stereocenters. The Kier molecular flexibility index (Phi) is 7.64. The van der Waals surface area contributed by atoms with Crippen molar-refractivity contribution in [3.8, 4) is 0 Å². The molecule has 0 saturated carbocycles. The van der Waals surface area contributed by atoms with E-state index in [1.165, 1.54) is 4.90 Å². The fourth-order valence-corrected chi connectivity index (χ4v) is 6.85. The quantitative estimate of drug-likeness (QED) is 0.315. The van der Waals surface area contributed by atoms with Crippen molar-refractivity contribution in [2.75, 3.05) is 18.5 Å². The third kappa shape index (κ3) is 4.16. The first-order valence-corrected chi connectivity index (χ1v) is 13.2. The molecule has 8 nitrogen and oxygen atoms in total. The number of amides is 3. The second kappa shape index (κ2) is 10.3. The van der Waals surface area contributed by atoms with Gasteiger partial charge in [-0.2, -0.15) is 0 Å². The molecule has 0 aliphatic carbocycles. The van der Waals surface area contributed by atoms with Crippen molar-refractivity contribution in [1.82, 2.24) is 10.2 Å². The Morgan fingerprint density at radius 1 is 1.24 bits per heavy atom. The van der Waals surface area contributed by atoms with E-state index >= 15 is 0 Å². The van der Waals surface area contributed by atoms with Gasteiger partial charge in [-0.1, -0.05) is 60.8 Å². The molecule has 1 aromatic carbocycles. The van der Waals surface area contributed by atoms with Crippen molar-refractivity contribution in [1.29, 1.82) is 0 Å². The lowest BCUT2D eigenvalue weighted by atomic mass is 9.70. The van der Waals surface area contributed by atoms with Gasteiger partial charge in [0, 0.05) is 17.1 Å². The summed E-state index contributed by atoms with van der Waals surface area (Å²) in [5.41, 5.74) is -0.462. The Morgan fingerprint density at radius 3 is 2.62 bits per heavy atom. The van der Waals surface area contributed by atoms with Crippen LogP contribution in [-0.4, -0.2) is 69.5 Å². The molecule has 1 spiro atoms. The average Bonchev–Trinajstić information content (AvgIpc) is 3.42. The molecule has 1 aromatic rings. The van der Waals surface area contributed by atoms with Crippen LogP contribution in [0.3, 0.4) is 0 Å². The summed E-state index contributed by atoms with van der Waals surface area (Å²) < 4.78 is 6.46. The molecule has 7 atom stereocenters. The summed E-state index contributed by atoms with van der Waals surface area (Å²) in [5, 5.41) is 16.0. The maximum atomic E-state index is 13.9. The smallest absolute Gasteiger partial charge is 0.245 e. The zero-order valence-corrected chi connectivity index (χ0v) is 21.3. The number of alkyl halides is 1. The lowest BCUT2D eigenvalue weighted by Crippen LogP contribution is -2.58. The number of anilines is 1. The molecule has 3 aliphatic rings. The van der Waals surface area contributed by atoms with E-state index in [9.17, 15) is 19.5 Å². The Balaban J connectivity index is 1.67. The van der Waals surface area contributed by atoms with Gasteiger partial charge in [0.15, 0.2) is 0 Å². The Bertz CT molecular complexity index is 911. The standard InChI is InChI=1S/C25H34BrN3O5/c1-3-5-9-12-27-23(32)21-25-13-17(26)20(34-25)18(22(31)28-15-10-7-6-8-11-15)19(25)24(33)29(21)16(4-2)14-30/h6-8,10-11,16-21,30H,3-5,9,12-14H2,1-2H3,(H,27,32)(H,28,31)/t16-,17?,18+,19-,20+,21?,25?/m0/s1. The van der Waals surface area contributed by atoms with Gasteiger partial charge >= 0.3 is 0 Å². The van der Waals surface area contributed by atoms with Gasteiger partial charge in [0.05, 0.1) is 30.6 Å². The number of nitrogens with one attached hydrogen (secondary N) is 2. The maximum absolute atomic E-state index is 13.9. The molecule has 3 saturated heterocycles. The fourth-order valence-electron chi connectivity index (χ4n) is 5.90. The van der Waals surface area contributed by atoms with Gasteiger partial charge in [0.2, 0.25) is 17.7 Å². The molecule has 34 heavy (non-hydrogen) atoms. The van der Waals surface area contributed by atoms with Crippen LogP contribution in [0, 0.1) is 11.8 Å². The number of halogens is 1. The number of unbranched alkanes of at least 4 members (excludes halogenated alkanes) is 2. The first-order chi connectivity index (χ1) is 16.4. The second-order valence-electron chi connectivity index (χ2n) is 9.51. The lowest BCUT2D eigenvalue weighted by Gasteiger charge is -2.36. The molecule has 3 amide bonds. The molecule has 4 rings (SSSR count). The number of likely N-dealkylation sites (tertiary alicyclic amines) is 1. The monoisotopic (exact) mass is 535 g/mol. The van der Waals surface area contributed by atoms with Crippen LogP contribution in [0.5, 0.6) is 0 Å². The highest BCUT2D eigenvalue weighted by Crippen LogP contribution is 2.60. The van der Waals surface area contributed by atoms with Crippen molar-refractivity contribution in [3.63, 3.8) is 0 Å². The molecule has 3 fully saturated rings. The largest absolute Gasteiger partial charge is 0.394 e. The number of nitrogens with zero attached hydrogens (tertiary/aromatic N) is 1. The van der Waals surface area contributed by atoms with Crippen molar-refractivity contribution in [3.05, 3.63) is 30.3 Å². The number of benzene rings is 1. The van der Waals surface area contributed by atoms with Crippen molar-refractivity contribution in [2.45, 2.75) is 74.6 Å². The van der Waals surface area contributed by atoms with Crippen LogP contribution in [0.2, 0.25) is 0 Å². The van der Waals surface area contributed by atoms with Gasteiger partial charge in [-0.15, -0.1) is 0 Å². The van der Waals surface area contributed by atoms with E-state index in [4.69, 9.17) is 4.74 Å². The predicted molar refractivity (Wildman–Crippen MR) is 131 cm³/mol. The zero-order chi connectivity index (χ0) is 24.5. The van der Waals surface area contributed by atoms with Crippen LogP contribution in [0.15, 0.2) is 30.3 Å². The normalized spacial score (nSPS) is 32.5. The highest BCUT2D eigenvalue weighted by atomic mass is 79.9. The van der Waals surface area contributed by atoms with Gasteiger partial charge in [0.25, 0.3) is 0 Å². The van der Waals surface area contributed by atoms with Crippen LogP contribution in [0.4, 0.5) is 5.69 Å². The van der Waals surface area contributed by atoms with Gasteiger partial charge in [-0.3, -0.25) is 14.4 Å². The average molecular weight is 536 g/mol. The predicted octanol–water partition coefficient (Wildman–Crippen LogP) is 2.45. The van der Waals surface area contributed by atoms with E-state index in [1.807, 2.05) is 25.1 Å². The van der Waals surface area contributed by atoms with E-state index in [2.05, 4.69) is 33.5 Å². The summed E-state index contributed by atoms with van der Waals surface area (Å²) in [5.74, 6) is -2.36. The van der Waals surface area contributed by atoms with Crippen LogP contribution in [-0.2, 0) is 19.1 Å². The SMILES string of the molecule is CCCCCNC(=O)C1N([C@@H](CC)CO)C(=O)[C@@H]2[C@@H](C(=O)Nc3ccccc3)[C@@H]3OC12CC3Br. The van der Waals surface area contributed by atoms with Crippen molar-refractivity contribution < 1.29 is 24.2 Å². The van der Waals surface area contributed by atoms with Gasteiger partial charge in [-0.25, -0.2) is 0 Å². The topological polar surface area (TPSA) is 108 Å². The number of hydrogen-bond donors (Lipinski definition) is 3. The van der Waals surface area contributed by atoms with Gasteiger partial charge < -0.3 is 25.4 Å². The molecule has 3 heterocycles. The lowest BCUT2D eigenvalue weighted by molar-refractivity contribution is -0.145.